The number of nitrogen functional groups attached to an aromatic ring is 1. The molecule has 1 aromatic heterocycles. The van der Waals surface area contributed by atoms with Gasteiger partial charge in [0.05, 0.1) is 11.2 Å². The minimum absolute atomic E-state index is 0.246. The van der Waals surface area contributed by atoms with E-state index in [9.17, 15) is 9.59 Å². The first-order valence-corrected chi connectivity index (χ1v) is 5.91. The number of nitrogens with one attached hydrogen (secondary N) is 1. The monoisotopic (exact) mass is 256 g/mol. The molecule has 0 saturated carbocycles. The van der Waals surface area contributed by atoms with Crippen molar-refractivity contribution in [2.45, 2.75) is 6.42 Å². The smallest absolute Gasteiger partial charge is 0.328 e. The van der Waals surface area contributed by atoms with Gasteiger partial charge >= 0.3 is 6.03 Å². The molecular formula is C13H12N4O2. The van der Waals surface area contributed by atoms with Gasteiger partial charge in [0.1, 0.15) is 0 Å². The highest BCUT2D eigenvalue weighted by Gasteiger charge is 2.25. The normalized spacial score (nSPS) is 15.7. The number of hydrogen-bond acceptors (Lipinski definition) is 4. The molecule has 1 aromatic carbocycles. The molecule has 1 aliphatic rings. The zero-order valence-corrected chi connectivity index (χ0v) is 10.1. The predicted molar refractivity (Wildman–Crippen MR) is 71.7 cm³/mol. The van der Waals surface area contributed by atoms with Gasteiger partial charge in [0.2, 0.25) is 5.91 Å². The van der Waals surface area contributed by atoms with Crippen LogP contribution in [0, 0.1) is 0 Å². The van der Waals surface area contributed by atoms with Crippen LogP contribution in [-0.4, -0.2) is 23.5 Å². The lowest BCUT2D eigenvalue weighted by Crippen LogP contribution is -2.49. The molecule has 0 atom stereocenters. The third-order valence-corrected chi connectivity index (χ3v) is 3.09. The zero-order chi connectivity index (χ0) is 13.4. The number of pyridine rings is 1. The summed E-state index contributed by atoms with van der Waals surface area (Å²) in [6.07, 6.45) is 1.92. The van der Waals surface area contributed by atoms with Crippen LogP contribution >= 0.6 is 0 Å². The second-order valence-electron chi connectivity index (χ2n) is 4.36. The third-order valence-electron chi connectivity index (χ3n) is 3.09. The average molecular weight is 256 g/mol. The molecule has 6 heteroatoms. The number of hydrogen-bond donors (Lipinski definition) is 2. The lowest BCUT2D eigenvalue weighted by molar-refractivity contribution is -0.120. The van der Waals surface area contributed by atoms with Crippen LogP contribution in [0.4, 0.5) is 16.2 Å². The molecule has 1 saturated heterocycles. The Hall–Kier alpha value is -2.63. The molecule has 3 amide bonds. The average Bonchev–Trinajstić information content (AvgIpc) is 2.38. The second-order valence-corrected chi connectivity index (χ2v) is 4.36. The van der Waals surface area contributed by atoms with Gasteiger partial charge < -0.3 is 5.73 Å². The van der Waals surface area contributed by atoms with Crippen molar-refractivity contribution in [1.82, 2.24) is 10.3 Å². The lowest BCUT2D eigenvalue weighted by atomic mass is 10.1. The minimum atomic E-state index is -0.402. The molecule has 1 aliphatic heterocycles. The number of fused-ring (bicyclic) bond motifs is 1. The Labute approximate surface area is 109 Å². The number of aromatic nitrogens is 1. The number of anilines is 2. The minimum Gasteiger partial charge on any atom is -0.399 e. The van der Waals surface area contributed by atoms with Crippen molar-refractivity contribution in [1.29, 1.82) is 0 Å². The van der Waals surface area contributed by atoms with E-state index < -0.39 is 6.03 Å². The van der Waals surface area contributed by atoms with E-state index in [0.29, 0.717) is 18.7 Å². The zero-order valence-electron chi connectivity index (χ0n) is 10.1. The molecule has 6 nitrogen and oxygen atoms in total. The molecule has 0 bridgehead atoms. The van der Waals surface area contributed by atoms with Gasteiger partial charge in [-0.3, -0.25) is 20.0 Å². The highest BCUT2D eigenvalue weighted by atomic mass is 16.2. The maximum atomic E-state index is 11.9. The summed E-state index contributed by atoms with van der Waals surface area (Å²) in [6.45, 7) is 0.369. The van der Waals surface area contributed by atoms with Gasteiger partial charge in [0, 0.05) is 30.2 Å². The van der Waals surface area contributed by atoms with E-state index in [-0.39, 0.29) is 5.91 Å². The van der Waals surface area contributed by atoms with E-state index in [0.717, 1.165) is 16.6 Å². The molecule has 0 spiro atoms. The Morgan fingerprint density at radius 2 is 2.11 bits per heavy atom. The van der Waals surface area contributed by atoms with Gasteiger partial charge in [0.25, 0.3) is 0 Å². The van der Waals surface area contributed by atoms with E-state index in [1.54, 1.807) is 29.3 Å². The number of benzene rings is 1. The van der Waals surface area contributed by atoms with Crippen LogP contribution in [0.5, 0.6) is 0 Å². The topological polar surface area (TPSA) is 88.3 Å². The van der Waals surface area contributed by atoms with Crippen molar-refractivity contribution in [3.05, 3.63) is 30.5 Å². The van der Waals surface area contributed by atoms with Gasteiger partial charge in [-0.05, 0) is 24.3 Å². The fourth-order valence-electron chi connectivity index (χ4n) is 2.18. The van der Waals surface area contributed by atoms with Crippen LogP contribution in [0.15, 0.2) is 30.5 Å². The van der Waals surface area contributed by atoms with E-state index in [1.807, 2.05) is 6.07 Å². The van der Waals surface area contributed by atoms with Crippen LogP contribution in [0.2, 0.25) is 0 Å². The fourth-order valence-corrected chi connectivity index (χ4v) is 2.18. The molecule has 2 aromatic rings. The van der Waals surface area contributed by atoms with Gasteiger partial charge in [-0.2, -0.15) is 0 Å². The number of imide groups is 1. The Bertz CT molecular complexity index is 683. The number of nitrogens with two attached hydrogens (primary N) is 1. The van der Waals surface area contributed by atoms with Crippen LogP contribution in [0.3, 0.4) is 0 Å². The molecule has 1 fully saturated rings. The summed E-state index contributed by atoms with van der Waals surface area (Å²) >= 11 is 0. The van der Waals surface area contributed by atoms with E-state index in [4.69, 9.17) is 5.73 Å². The number of carbonyl (C=O) groups excluding carboxylic acids is 2. The SMILES string of the molecule is Nc1ccc2c(N3CCC(=O)NC3=O)ccnc2c1. The molecule has 2 heterocycles. The number of amides is 3. The van der Waals surface area contributed by atoms with E-state index >= 15 is 0 Å². The molecule has 0 aliphatic carbocycles. The van der Waals surface area contributed by atoms with E-state index in [2.05, 4.69) is 10.3 Å². The third kappa shape index (κ3) is 1.97. The summed E-state index contributed by atoms with van der Waals surface area (Å²) in [7, 11) is 0. The first kappa shape index (κ1) is 11.5. The molecule has 3 rings (SSSR count). The second kappa shape index (κ2) is 4.24. The van der Waals surface area contributed by atoms with E-state index in [1.165, 1.54) is 0 Å². The highest BCUT2D eigenvalue weighted by Crippen LogP contribution is 2.27. The summed E-state index contributed by atoms with van der Waals surface area (Å²) in [5, 5.41) is 3.14. The summed E-state index contributed by atoms with van der Waals surface area (Å²) in [5.74, 6) is -0.246. The number of nitrogens with zero attached hydrogens (tertiary/aromatic N) is 2. The Morgan fingerprint density at radius 3 is 2.89 bits per heavy atom. The number of carbonyl (C=O) groups is 2. The van der Waals surface area contributed by atoms with Crippen LogP contribution in [0.1, 0.15) is 6.42 Å². The lowest BCUT2D eigenvalue weighted by Gasteiger charge is -2.27. The Kier molecular flexibility index (Phi) is 2.56. The van der Waals surface area contributed by atoms with Crippen LogP contribution in [-0.2, 0) is 4.79 Å². The van der Waals surface area contributed by atoms with Crippen LogP contribution in [0.25, 0.3) is 10.9 Å². The maximum Gasteiger partial charge on any atom is 0.328 e. The predicted octanol–water partition coefficient (Wildman–Crippen LogP) is 1.26. The molecule has 19 heavy (non-hydrogen) atoms. The largest absolute Gasteiger partial charge is 0.399 e. The van der Waals surface area contributed by atoms with Gasteiger partial charge in [0.15, 0.2) is 0 Å². The summed E-state index contributed by atoms with van der Waals surface area (Å²) < 4.78 is 0. The van der Waals surface area contributed by atoms with Gasteiger partial charge in [-0.25, -0.2) is 4.79 Å². The first-order valence-electron chi connectivity index (χ1n) is 5.91. The van der Waals surface area contributed by atoms with Gasteiger partial charge in [-0.15, -0.1) is 0 Å². The Morgan fingerprint density at radius 1 is 1.26 bits per heavy atom. The summed E-state index contributed by atoms with van der Waals surface area (Å²) in [6, 6.07) is 6.71. The van der Waals surface area contributed by atoms with Crippen molar-refractivity contribution < 1.29 is 9.59 Å². The first-order chi connectivity index (χ1) is 9.15. The van der Waals surface area contributed by atoms with Crippen molar-refractivity contribution in [3.8, 4) is 0 Å². The maximum absolute atomic E-state index is 11.9. The van der Waals surface area contributed by atoms with Crippen molar-refractivity contribution in [2.75, 3.05) is 17.2 Å². The van der Waals surface area contributed by atoms with Crippen molar-refractivity contribution in [3.63, 3.8) is 0 Å². The molecule has 0 unspecified atom stereocenters. The highest BCUT2D eigenvalue weighted by molar-refractivity contribution is 6.09. The molecule has 96 valence electrons. The van der Waals surface area contributed by atoms with Gasteiger partial charge in [-0.1, -0.05) is 0 Å². The van der Waals surface area contributed by atoms with Crippen LogP contribution < -0.4 is 16.0 Å². The molecule has 0 radical (unpaired) electrons. The van der Waals surface area contributed by atoms with Crippen molar-refractivity contribution in [2.24, 2.45) is 0 Å². The fraction of sp³-hybridized carbons (Fsp3) is 0.154. The number of rotatable bonds is 1. The number of urea groups is 1. The molecule has 3 N–H and O–H groups in total. The van der Waals surface area contributed by atoms with Crippen molar-refractivity contribution >= 4 is 34.2 Å². The summed E-state index contributed by atoms with van der Waals surface area (Å²) in [5.41, 5.74) is 7.80. The quantitative estimate of drug-likeness (QED) is 0.752. The Balaban J connectivity index is 2.10. The standard InChI is InChI=1S/C13H12N4O2/c14-8-1-2-9-10(7-8)15-5-3-11(9)17-6-4-12(18)16-13(17)19/h1-3,5,7H,4,6,14H2,(H,16,18,19). The summed E-state index contributed by atoms with van der Waals surface area (Å²) in [4.78, 5) is 28.8. The molecular weight excluding hydrogens is 244 g/mol.